The van der Waals surface area contributed by atoms with Crippen molar-refractivity contribution in [2.24, 2.45) is 0 Å². The zero-order chi connectivity index (χ0) is 36.7. The van der Waals surface area contributed by atoms with Gasteiger partial charge < -0.3 is 13.7 Å². The van der Waals surface area contributed by atoms with Gasteiger partial charge in [-0.05, 0) is 94.0 Å². The summed E-state index contributed by atoms with van der Waals surface area (Å²) >= 11 is 1.77. The molecule has 0 amide bonds. The van der Waals surface area contributed by atoms with Gasteiger partial charge in [0, 0.05) is 55.6 Å². The van der Waals surface area contributed by atoms with Crippen molar-refractivity contribution in [1.82, 2.24) is 4.98 Å². The predicted octanol–water partition coefficient (Wildman–Crippen LogP) is 15.2. The van der Waals surface area contributed by atoms with Gasteiger partial charge >= 0.3 is 0 Å². The van der Waals surface area contributed by atoms with Crippen molar-refractivity contribution in [3.63, 3.8) is 0 Å². The summed E-state index contributed by atoms with van der Waals surface area (Å²) in [6, 6.07) is 64.4. The molecule has 4 nitrogen and oxygen atoms in total. The minimum Gasteiger partial charge on any atom is -0.456 e. The normalized spacial score (nSPS) is 11.9. The Labute approximate surface area is 325 Å². The number of para-hydroxylation sites is 2. The van der Waals surface area contributed by atoms with Gasteiger partial charge in [-0.1, -0.05) is 109 Å². The fourth-order valence-electron chi connectivity index (χ4n) is 8.37. The maximum Gasteiger partial charge on any atom is 0.137 e. The summed E-state index contributed by atoms with van der Waals surface area (Å²) < 4.78 is 13.8. The van der Waals surface area contributed by atoms with Crippen LogP contribution in [0.25, 0.3) is 97.3 Å². The van der Waals surface area contributed by atoms with Crippen molar-refractivity contribution in [2.45, 2.75) is 0 Å². The van der Waals surface area contributed by atoms with E-state index in [4.69, 9.17) is 13.8 Å². The van der Waals surface area contributed by atoms with Crippen LogP contribution in [-0.4, -0.2) is 4.98 Å². The maximum atomic E-state index is 6.37. The SMILES string of the molecule is c1ccc(-c2nc3ccc4ccc5cc(-c6ccc(N(c7ccc8c(c7)oc7ccccc78)c7ccc8oc9ccccc9c8c7)cc6)ccc5c4c3s2)cc1. The molecule has 0 aliphatic heterocycles. The van der Waals surface area contributed by atoms with E-state index in [1.165, 1.54) is 31.8 Å². The minimum atomic E-state index is 0.857. The van der Waals surface area contributed by atoms with Gasteiger partial charge in [0.15, 0.2) is 0 Å². The molecular weight excluding hydrogens is 705 g/mol. The fourth-order valence-corrected chi connectivity index (χ4v) is 9.51. The third-order valence-electron chi connectivity index (χ3n) is 11.1. The summed E-state index contributed by atoms with van der Waals surface area (Å²) in [4.78, 5) is 7.33. The summed E-state index contributed by atoms with van der Waals surface area (Å²) in [6.07, 6.45) is 0. The van der Waals surface area contributed by atoms with E-state index in [0.717, 1.165) is 82.6 Å². The summed E-state index contributed by atoms with van der Waals surface area (Å²) in [5.74, 6) is 0. The lowest BCUT2D eigenvalue weighted by molar-refractivity contribution is 0.668. The first-order chi connectivity index (χ1) is 27.7. The second kappa shape index (κ2) is 12.2. The lowest BCUT2D eigenvalue weighted by Crippen LogP contribution is -2.09. The van der Waals surface area contributed by atoms with Crippen LogP contribution in [0.1, 0.15) is 0 Å². The van der Waals surface area contributed by atoms with Gasteiger partial charge in [-0.15, -0.1) is 11.3 Å². The summed E-state index contributed by atoms with van der Waals surface area (Å²) in [7, 11) is 0. The zero-order valence-corrected chi connectivity index (χ0v) is 30.8. The van der Waals surface area contributed by atoms with Crippen LogP contribution in [0.4, 0.5) is 17.1 Å². The summed E-state index contributed by atoms with van der Waals surface area (Å²) in [5.41, 5.74) is 11.1. The van der Waals surface area contributed by atoms with E-state index in [9.17, 15) is 0 Å². The smallest absolute Gasteiger partial charge is 0.137 e. The molecule has 0 saturated carbocycles. The van der Waals surface area contributed by atoms with Crippen molar-refractivity contribution >= 4 is 104 Å². The maximum absolute atomic E-state index is 6.37. The van der Waals surface area contributed by atoms with Gasteiger partial charge in [-0.25, -0.2) is 4.98 Å². The minimum absolute atomic E-state index is 0.857. The first-order valence-electron chi connectivity index (χ1n) is 18.8. The van der Waals surface area contributed by atoms with E-state index in [0.29, 0.717) is 0 Å². The Hall–Kier alpha value is -7.21. The molecule has 12 aromatic rings. The molecule has 9 aromatic carbocycles. The average molecular weight is 735 g/mol. The second-order valence-corrected chi connectivity index (χ2v) is 15.3. The third kappa shape index (κ3) is 4.88. The van der Waals surface area contributed by atoms with Crippen LogP contribution in [0.2, 0.25) is 0 Å². The predicted molar refractivity (Wildman–Crippen MR) is 235 cm³/mol. The number of benzene rings is 9. The van der Waals surface area contributed by atoms with Crippen LogP contribution in [0.5, 0.6) is 0 Å². The molecule has 0 bridgehead atoms. The topological polar surface area (TPSA) is 42.4 Å². The van der Waals surface area contributed by atoms with E-state index >= 15 is 0 Å². The van der Waals surface area contributed by atoms with Gasteiger partial charge in [-0.2, -0.15) is 0 Å². The lowest BCUT2D eigenvalue weighted by atomic mass is 9.97. The Balaban J connectivity index is 0.965. The highest BCUT2D eigenvalue weighted by molar-refractivity contribution is 7.22. The van der Waals surface area contributed by atoms with Crippen LogP contribution in [0, 0.1) is 0 Å². The molecule has 0 aliphatic rings. The summed E-state index contributed by atoms with van der Waals surface area (Å²) in [5, 5.41) is 10.4. The lowest BCUT2D eigenvalue weighted by Gasteiger charge is -2.25. The standard InChI is InChI=1S/C51H30N2O2S/c1-2-8-33(9-3-1)51-52-44-26-19-32-14-15-35-28-34(18-24-39(35)49(32)50(44)56-51)31-16-20-36(21-17-31)53(37-23-27-47-43(29-37)41-11-5-7-13-46(41)54-47)38-22-25-42-40-10-4-6-12-45(40)55-48(42)30-38/h1-30H. The monoisotopic (exact) mass is 734 g/mol. The Morgan fingerprint density at radius 2 is 1.00 bits per heavy atom. The van der Waals surface area contributed by atoms with E-state index in [1.54, 1.807) is 11.3 Å². The molecule has 3 heterocycles. The first-order valence-corrected chi connectivity index (χ1v) is 19.6. The molecule has 5 heteroatoms. The molecule has 0 radical (unpaired) electrons. The van der Waals surface area contributed by atoms with Crippen LogP contribution < -0.4 is 4.90 Å². The number of nitrogens with zero attached hydrogens (tertiary/aromatic N) is 2. The molecule has 0 saturated heterocycles. The van der Waals surface area contributed by atoms with Crippen LogP contribution in [0.15, 0.2) is 191 Å². The number of thiazole rings is 1. The molecule has 0 fully saturated rings. The van der Waals surface area contributed by atoms with Crippen molar-refractivity contribution in [3.8, 4) is 21.7 Å². The average Bonchev–Trinajstić information content (AvgIpc) is 3.97. The van der Waals surface area contributed by atoms with Crippen LogP contribution in [-0.2, 0) is 0 Å². The third-order valence-corrected chi connectivity index (χ3v) is 12.2. The molecule has 0 N–H and O–H groups in total. The number of hydrogen-bond acceptors (Lipinski definition) is 5. The van der Waals surface area contributed by atoms with Crippen LogP contribution >= 0.6 is 11.3 Å². The highest BCUT2D eigenvalue weighted by Crippen LogP contribution is 2.43. The van der Waals surface area contributed by atoms with E-state index in [-0.39, 0.29) is 0 Å². The van der Waals surface area contributed by atoms with E-state index < -0.39 is 0 Å². The molecule has 56 heavy (non-hydrogen) atoms. The highest BCUT2D eigenvalue weighted by atomic mass is 32.1. The van der Waals surface area contributed by atoms with E-state index in [1.807, 2.05) is 30.3 Å². The quantitative estimate of drug-likeness (QED) is 0.165. The highest BCUT2D eigenvalue weighted by Gasteiger charge is 2.18. The van der Waals surface area contributed by atoms with Crippen molar-refractivity contribution in [1.29, 1.82) is 0 Å². The zero-order valence-electron chi connectivity index (χ0n) is 29.9. The molecule has 0 unspecified atom stereocenters. The van der Waals surface area contributed by atoms with Gasteiger partial charge in [0.2, 0.25) is 0 Å². The number of hydrogen-bond donors (Lipinski definition) is 0. The molecule has 0 aliphatic carbocycles. The number of rotatable bonds is 5. The molecule has 12 rings (SSSR count). The Morgan fingerprint density at radius 3 is 1.84 bits per heavy atom. The fraction of sp³-hybridized carbons (Fsp3) is 0. The number of aromatic nitrogens is 1. The van der Waals surface area contributed by atoms with Crippen molar-refractivity contribution < 1.29 is 8.83 Å². The Kier molecular flexibility index (Phi) is 6.76. The molecular formula is C51H30N2O2S. The van der Waals surface area contributed by atoms with Gasteiger partial charge in [0.25, 0.3) is 0 Å². The molecule has 262 valence electrons. The van der Waals surface area contributed by atoms with Gasteiger partial charge in [0.05, 0.1) is 10.2 Å². The van der Waals surface area contributed by atoms with E-state index in [2.05, 4.69) is 157 Å². The Morgan fingerprint density at radius 1 is 0.393 bits per heavy atom. The number of fused-ring (bicyclic) bond motifs is 11. The molecule has 3 aromatic heterocycles. The van der Waals surface area contributed by atoms with Crippen LogP contribution in [0.3, 0.4) is 0 Å². The Bertz CT molecular complexity index is 3490. The summed E-state index contributed by atoms with van der Waals surface area (Å²) in [6.45, 7) is 0. The van der Waals surface area contributed by atoms with Gasteiger partial charge in [0.1, 0.15) is 27.3 Å². The molecule has 0 atom stereocenters. The largest absolute Gasteiger partial charge is 0.456 e. The van der Waals surface area contributed by atoms with Crippen molar-refractivity contribution in [2.75, 3.05) is 4.90 Å². The second-order valence-electron chi connectivity index (χ2n) is 14.3. The van der Waals surface area contributed by atoms with Crippen molar-refractivity contribution in [3.05, 3.63) is 182 Å². The van der Waals surface area contributed by atoms with Gasteiger partial charge in [-0.3, -0.25) is 0 Å². The molecule has 0 spiro atoms. The number of furan rings is 2. The first kappa shape index (κ1) is 31.2. The number of anilines is 3.